The van der Waals surface area contributed by atoms with Crippen molar-refractivity contribution >= 4 is 31.9 Å². The van der Waals surface area contributed by atoms with E-state index in [0.29, 0.717) is 17.6 Å². The fraction of sp³-hybridized carbons (Fsp3) is 0.421. The lowest BCUT2D eigenvalue weighted by atomic mass is 9.77. The van der Waals surface area contributed by atoms with E-state index in [4.69, 9.17) is 4.98 Å². The number of aromatic nitrogens is 1. The zero-order valence-electron chi connectivity index (χ0n) is 13.4. The summed E-state index contributed by atoms with van der Waals surface area (Å²) in [7, 11) is 0. The molecule has 126 valence electrons. The highest BCUT2D eigenvalue weighted by Crippen LogP contribution is 2.45. The topological polar surface area (TPSA) is 45.2 Å². The molecule has 2 N–H and O–H groups in total. The number of rotatable bonds is 1. The third kappa shape index (κ3) is 2.91. The van der Waals surface area contributed by atoms with E-state index in [0.717, 1.165) is 34.9 Å². The number of benzene rings is 1. The Labute approximate surface area is 159 Å². The van der Waals surface area contributed by atoms with Gasteiger partial charge in [-0.1, -0.05) is 6.07 Å². The Balaban J connectivity index is 1.90. The molecule has 0 amide bonds. The van der Waals surface area contributed by atoms with Crippen LogP contribution in [0.3, 0.4) is 0 Å². The summed E-state index contributed by atoms with van der Waals surface area (Å²) in [6, 6.07) is 6.15. The van der Waals surface area contributed by atoms with E-state index in [1.165, 1.54) is 35.2 Å². The first-order valence-electron chi connectivity index (χ1n) is 8.50. The first-order chi connectivity index (χ1) is 11.6. The molecule has 1 saturated heterocycles. The number of aromatic hydroxyl groups is 1. The van der Waals surface area contributed by atoms with Crippen molar-refractivity contribution in [1.82, 2.24) is 10.3 Å². The van der Waals surface area contributed by atoms with E-state index in [-0.39, 0.29) is 0 Å². The molecule has 0 saturated carbocycles. The highest BCUT2D eigenvalue weighted by Gasteiger charge is 2.33. The van der Waals surface area contributed by atoms with Crippen molar-refractivity contribution in [3.63, 3.8) is 0 Å². The second-order valence-corrected chi connectivity index (χ2v) is 8.44. The number of hydrogen-bond donors (Lipinski definition) is 2. The second kappa shape index (κ2) is 6.77. The molecule has 0 bridgehead atoms. The zero-order chi connectivity index (χ0) is 16.7. The number of phenols is 1. The lowest BCUT2D eigenvalue weighted by Gasteiger charge is -2.32. The number of aryl methyl sites for hydroxylation is 1. The van der Waals surface area contributed by atoms with Gasteiger partial charge in [-0.2, -0.15) is 0 Å². The summed E-state index contributed by atoms with van der Waals surface area (Å²) in [6.07, 6.45) is 6.14. The molecule has 1 aromatic heterocycles. The Morgan fingerprint density at radius 2 is 1.92 bits per heavy atom. The Kier molecular flexibility index (Phi) is 4.67. The molecular formula is C19H20Br2N2O. The lowest BCUT2D eigenvalue weighted by Crippen LogP contribution is -2.32. The van der Waals surface area contributed by atoms with Gasteiger partial charge in [0.1, 0.15) is 5.75 Å². The van der Waals surface area contributed by atoms with E-state index in [2.05, 4.69) is 49.3 Å². The molecule has 4 rings (SSSR count). The quantitative estimate of drug-likeness (QED) is 0.668. The van der Waals surface area contributed by atoms with Gasteiger partial charge in [-0.25, -0.2) is 0 Å². The fourth-order valence-corrected chi connectivity index (χ4v) is 5.14. The largest absolute Gasteiger partial charge is 0.507 e. The van der Waals surface area contributed by atoms with Crippen LogP contribution in [0.4, 0.5) is 0 Å². The van der Waals surface area contributed by atoms with Gasteiger partial charge >= 0.3 is 0 Å². The first kappa shape index (κ1) is 16.6. The van der Waals surface area contributed by atoms with Gasteiger partial charge < -0.3 is 10.4 Å². The van der Waals surface area contributed by atoms with Gasteiger partial charge in [0.2, 0.25) is 0 Å². The third-order valence-electron chi connectivity index (χ3n) is 5.36. The lowest BCUT2D eigenvalue weighted by molar-refractivity contribution is 0.338. The first-order valence-corrected chi connectivity index (χ1v) is 10.1. The number of phenolic OH excluding ortho intramolecular Hbond substituents is 1. The number of fused-ring (bicyclic) bond motifs is 2. The minimum atomic E-state index is 0.310. The summed E-state index contributed by atoms with van der Waals surface area (Å²) in [5, 5.41) is 13.6. The molecule has 0 spiro atoms. The second-order valence-electron chi connectivity index (χ2n) is 6.73. The number of nitrogens with zero attached hydrogens (tertiary/aromatic N) is 1. The molecule has 5 heteroatoms. The Bertz CT molecular complexity index is 772. The predicted octanol–water partition coefficient (Wildman–Crippen LogP) is 4.54. The molecular weight excluding hydrogens is 432 g/mol. The Hall–Kier alpha value is -0.910. The van der Waals surface area contributed by atoms with Crippen LogP contribution in [0.5, 0.6) is 5.75 Å². The number of piperidine rings is 1. The van der Waals surface area contributed by atoms with Crippen molar-refractivity contribution < 1.29 is 5.11 Å². The summed E-state index contributed by atoms with van der Waals surface area (Å²) in [5.41, 5.74) is 5.13. The summed E-state index contributed by atoms with van der Waals surface area (Å²) in [6.45, 7) is 2.14. The molecule has 1 atom stereocenters. The van der Waals surface area contributed by atoms with E-state index in [9.17, 15) is 5.11 Å². The van der Waals surface area contributed by atoms with Crippen LogP contribution in [0.1, 0.15) is 41.1 Å². The molecule has 1 aliphatic heterocycles. The molecule has 3 nitrogen and oxygen atoms in total. The number of nitrogens with one attached hydrogen (secondary N) is 1. The van der Waals surface area contributed by atoms with Crippen molar-refractivity contribution in [2.24, 2.45) is 5.92 Å². The van der Waals surface area contributed by atoms with Crippen molar-refractivity contribution in [3.05, 3.63) is 55.7 Å². The normalized spacial score (nSPS) is 21.0. The monoisotopic (exact) mass is 450 g/mol. The summed E-state index contributed by atoms with van der Waals surface area (Å²) in [5.74, 6) is 1.23. The molecule has 2 aromatic rings. The Morgan fingerprint density at radius 3 is 2.71 bits per heavy atom. The average molecular weight is 452 g/mol. The van der Waals surface area contributed by atoms with E-state index in [1.54, 1.807) is 0 Å². The van der Waals surface area contributed by atoms with Crippen LogP contribution >= 0.6 is 31.9 Å². The maximum atomic E-state index is 10.1. The standard InChI is InChI=1S/C19H20Br2N2O/c20-13-9-12-1-2-15-14(3-4-16(24)18(15)21)17(19(12)23-10-13)11-5-7-22-8-6-11/h3-4,9-11,17,22,24H,1-2,5-8H2/t17-/m1/s1. The van der Waals surface area contributed by atoms with Gasteiger partial charge in [-0.3, -0.25) is 4.98 Å². The number of halogens is 2. The van der Waals surface area contributed by atoms with Crippen molar-refractivity contribution in [3.8, 4) is 5.75 Å². The van der Waals surface area contributed by atoms with Gasteiger partial charge in [0, 0.05) is 16.6 Å². The molecule has 2 heterocycles. The van der Waals surface area contributed by atoms with Crippen LogP contribution in [0, 0.1) is 5.92 Å². The van der Waals surface area contributed by atoms with E-state index >= 15 is 0 Å². The molecule has 0 unspecified atom stereocenters. The Morgan fingerprint density at radius 1 is 1.12 bits per heavy atom. The van der Waals surface area contributed by atoms with Gasteiger partial charge in [-0.05, 0) is 105 Å². The zero-order valence-corrected chi connectivity index (χ0v) is 16.5. The molecule has 1 aliphatic carbocycles. The highest BCUT2D eigenvalue weighted by atomic mass is 79.9. The molecule has 1 fully saturated rings. The van der Waals surface area contributed by atoms with Crippen LogP contribution in [0.2, 0.25) is 0 Å². The molecule has 24 heavy (non-hydrogen) atoms. The minimum absolute atomic E-state index is 0.310. The van der Waals surface area contributed by atoms with E-state index < -0.39 is 0 Å². The van der Waals surface area contributed by atoms with Gasteiger partial charge in [-0.15, -0.1) is 0 Å². The summed E-state index contributed by atoms with van der Waals surface area (Å²) < 4.78 is 1.89. The van der Waals surface area contributed by atoms with Crippen molar-refractivity contribution in [2.75, 3.05) is 13.1 Å². The van der Waals surface area contributed by atoms with Crippen LogP contribution in [-0.4, -0.2) is 23.2 Å². The highest BCUT2D eigenvalue weighted by molar-refractivity contribution is 9.10. The van der Waals surface area contributed by atoms with Gasteiger partial charge in [0.15, 0.2) is 0 Å². The SMILES string of the molecule is Oc1ccc2c(c1Br)CCc1cc(Br)cnc1[C@@H]2C1CCNCC1. The number of pyridine rings is 1. The van der Waals surface area contributed by atoms with Crippen LogP contribution < -0.4 is 5.32 Å². The third-order valence-corrected chi connectivity index (χ3v) is 6.67. The minimum Gasteiger partial charge on any atom is -0.507 e. The van der Waals surface area contributed by atoms with Gasteiger partial charge in [0.25, 0.3) is 0 Å². The van der Waals surface area contributed by atoms with Crippen LogP contribution in [0.15, 0.2) is 33.3 Å². The van der Waals surface area contributed by atoms with Crippen LogP contribution in [0.25, 0.3) is 0 Å². The summed E-state index contributed by atoms with van der Waals surface area (Å²) in [4.78, 5) is 4.84. The predicted molar refractivity (Wildman–Crippen MR) is 103 cm³/mol. The average Bonchev–Trinajstić information content (AvgIpc) is 2.76. The number of hydrogen-bond acceptors (Lipinski definition) is 3. The molecule has 2 aliphatic rings. The smallest absolute Gasteiger partial charge is 0.130 e. The van der Waals surface area contributed by atoms with E-state index in [1.807, 2.05) is 12.3 Å². The molecule has 0 radical (unpaired) electrons. The molecule has 1 aromatic carbocycles. The maximum Gasteiger partial charge on any atom is 0.130 e. The fourth-order valence-electron chi connectivity index (χ4n) is 4.20. The summed E-state index contributed by atoms with van der Waals surface area (Å²) >= 11 is 7.19. The maximum absolute atomic E-state index is 10.1. The van der Waals surface area contributed by atoms with Gasteiger partial charge in [0.05, 0.1) is 10.2 Å². The van der Waals surface area contributed by atoms with Crippen molar-refractivity contribution in [2.45, 2.75) is 31.6 Å². The van der Waals surface area contributed by atoms with Crippen molar-refractivity contribution in [1.29, 1.82) is 0 Å². The van der Waals surface area contributed by atoms with Crippen LogP contribution in [-0.2, 0) is 12.8 Å².